The molecule has 26 heavy (non-hydrogen) atoms. The molecule has 8 heteroatoms. The Bertz CT molecular complexity index is 845. The second-order valence-corrected chi connectivity index (χ2v) is 7.64. The highest BCUT2D eigenvalue weighted by molar-refractivity contribution is 7.89. The van der Waals surface area contributed by atoms with Crippen LogP contribution < -0.4 is 10.0 Å². The van der Waals surface area contributed by atoms with Crippen molar-refractivity contribution in [3.05, 3.63) is 66.6 Å². The average Bonchev–Trinajstić information content (AvgIpc) is 3.13. The Morgan fingerprint density at radius 3 is 2.69 bits per heavy atom. The van der Waals surface area contributed by atoms with Gasteiger partial charge in [-0.3, -0.25) is 9.69 Å². The molecule has 0 aliphatic carbocycles. The molecule has 0 aliphatic rings. The zero-order valence-electron chi connectivity index (χ0n) is 14.8. The minimum atomic E-state index is -3.77. The number of furan rings is 1. The van der Waals surface area contributed by atoms with Crippen molar-refractivity contribution in [2.45, 2.75) is 10.9 Å². The zero-order chi connectivity index (χ0) is 19.2. The predicted octanol–water partition coefficient (Wildman–Crippen LogP) is 1.78. The summed E-state index contributed by atoms with van der Waals surface area (Å²) in [5.41, 5.74) is 0.268. The molecule has 0 radical (unpaired) electrons. The maximum atomic E-state index is 12.6. The number of nitrogens with zero attached hydrogens (tertiary/aromatic N) is 1. The second-order valence-electron chi connectivity index (χ2n) is 5.87. The first-order valence-electron chi connectivity index (χ1n) is 8.04. The molecule has 0 saturated heterocycles. The number of sulfonamides is 1. The molecule has 0 fully saturated rings. The third-order valence-corrected chi connectivity index (χ3v) is 5.20. The highest BCUT2D eigenvalue weighted by atomic mass is 32.2. The van der Waals surface area contributed by atoms with Crippen molar-refractivity contribution in [3.63, 3.8) is 0 Å². The van der Waals surface area contributed by atoms with Gasteiger partial charge in [-0.15, -0.1) is 6.58 Å². The van der Waals surface area contributed by atoms with Gasteiger partial charge in [0.25, 0.3) is 5.91 Å². The number of nitrogens with one attached hydrogen (secondary N) is 2. The molecule has 140 valence electrons. The molecule has 1 aromatic heterocycles. The van der Waals surface area contributed by atoms with Gasteiger partial charge in [0.15, 0.2) is 0 Å². The number of benzene rings is 1. The molecule has 0 spiro atoms. The van der Waals surface area contributed by atoms with E-state index in [0.29, 0.717) is 12.3 Å². The van der Waals surface area contributed by atoms with Crippen molar-refractivity contribution in [2.24, 2.45) is 0 Å². The third-order valence-electron chi connectivity index (χ3n) is 3.78. The van der Waals surface area contributed by atoms with E-state index in [0.717, 1.165) is 0 Å². The highest BCUT2D eigenvalue weighted by Gasteiger charge is 2.22. The van der Waals surface area contributed by atoms with E-state index in [1.807, 2.05) is 19.0 Å². The summed E-state index contributed by atoms with van der Waals surface area (Å²) in [6, 6.07) is 9.19. The van der Waals surface area contributed by atoms with Gasteiger partial charge >= 0.3 is 0 Å². The van der Waals surface area contributed by atoms with Crippen LogP contribution in [0.5, 0.6) is 0 Å². The molecular formula is C18H23N3O4S. The highest BCUT2D eigenvalue weighted by Crippen LogP contribution is 2.19. The molecule has 1 heterocycles. The first-order valence-corrected chi connectivity index (χ1v) is 9.52. The quantitative estimate of drug-likeness (QED) is 0.650. The summed E-state index contributed by atoms with van der Waals surface area (Å²) in [5.74, 6) is 0.305. The molecule has 2 aromatic rings. The first kappa shape index (κ1) is 19.9. The predicted molar refractivity (Wildman–Crippen MR) is 99.3 cm³/mol. The summed E-state index contributed by atoms with van der Waals surface area (Å²) in [6.07, 6.45) is 3.10. The van der Waals surface area contributed by atoms with Gasteiger partial charge in [-0.25, -0.2) is 13.1 Å². The van der Waals surface area contributed by atoms with E-state index in [2.05, 4.69) is 16.6 Å². The number of amides is 1. The number of hydrogen-bond donors (Lipinski definition) is 2. The average molecular weight is 377 g/mol. The van der Waals surface area contributed by atoms with E-state index in [9.17, 15) is 13.2 Å². The summed E-state index contributed by atoms with van der Waals surface area (Å²) >= 11 is 0. The molecular weight excluding hydrogens is 354 g/mol. The number of carbonyl (C=O) groups excluding carboxylic acids is 1. The van der Waals surface area contributed by atoms with Crippen LogP contribution in [-0.2, 0) is 10.0 Å². The molecule has 0 saturated carbocycles. The van der Waals surface area contributed by atoms with Crippen LogP contribution in [-0.4, -0.2) is 46.4 Å². The van der Waals surface area contributed by atoms with Gasteiger partial charge in [-0.1, -0.05) is 12.1 Å². The van der Waals surface area contributed by atoms with Gasteiger partial charge in [0, 0.05) is 18.7 Å². The van der Waals surface area contributed by atoms with Crippen molar-refractivity contribution in [1.29, 1.82) is 0 Å². The molecule has 1 amide bonds. The molecule has 7 nitrogen and oxygen atoms in total. The van der Waals surface area contributed by atoms with Crippen molar-refractivity contribution in [3.8, 4) is 0 Å². The Labute approximate surface area is 153 Å². The van der Waals surface area contributed by atoms with Crippen LogP contribution in [0, 0.1) is 0 Å². The van der Waals surface area contributed by atoms with Crippen LogP contribution in [0.25, 0.3) is 0 Å². The molecule has 1 aromatic carbocycles. The minimum Gasteiger partial charge on any atom is -0.468 e. The molecule has 0 bridgehead atoms. The van der Waals surface area contributed by atoms with Gasteiger partial charge in [0.1, 0.15) is 5.76 Å². The lowest BCUT2D eigenvalue weighted by atomic mass is 10.2. The lowest BCUT2D eigenvalue weighted by molar-refractivity contribution is 0.0958. The fraction of sp³-hybridized carbons (Fsp3) is 0.278. The first-order chi connectivity index (χ1) is 12.3. The van der Waals surface area contributed by atoms with E-state index in [-0.39, 0.29) is 29.0 Å². The molecule has 0 aliphatic heterocycles. The summed E-state index contributed by atoms with van der Waals surface area (Å²) in [6.45, 7) is 3.97. The number of rotatable bonds is 9. The van der Waals surface area contributed by atoms with Crippen LogP contribution in [0.2, 0.25) is 0 Å². The SMILES string of the molecule is C=CCNC(=O)c1cccc(S(=O)(=O)NCC(c2ccco2)N(C)C)c1. The van der Waals surface area contributed by atoms with Gasteiger partial charge in [0.2, 0.25) is 10.0 Å². The molecule has 1 atom stereocenters. The van der Waals surface area contributed by atoms with Gasteiger partial charge in [-0.05, 0) is 44.4 Å². The van der Waals surface area contributed by atoms with Crippen molar-refractivity contribution in [2.75, 3.05) is 27.2 Å². The summed E-state index contributed by atoms with van der Waals surface area (Å²) in [7, 11) is -0.0963. The normalized spacial score (nSPS) is 12.7. The third kappa shape index (κ3) is 5.04. The van der Waals surface area contributed by atoms with Gasteiger partial charge < -0.3 is 9.73 Å². The maximum absolute atomic E-state index is 12.6. The Balaban J connectivity index is 2.14. The van der Waals surface area contributed by atoms with E-state index < -0.39 is 10.0 Å². The Morgan fingerprint density at radius 1 is 1.31 bits per heavy atom. The fourth-order valence-corrected chi connectivity index (χ4v) is 3.45. The van der Waals surface area contributed by atoms with E-state index in [1.54, 1.807) is 30.5 Å². The number of hydrogen-bond acceptors (Lipinski definition) is 5. The van der Waals surface area contributed by atoms with Gasteiger partial charge in [-0.2, -0.15) is 0 Å². The number of likely N-dealkylation sites (N-methyl/N-ethyl adjacent to an activating group) is 1. The lowest BCUT2D eigenvalue weighted by Crippen LogP contribution is -2.34. The van der Waals surface area contributed by atoms with E-state index >= 15 is 0 Å². The topological polar surface area (TPSA) is 91.6 Å². The molecule has 2 N–H and O–H groups in total. The Kier molecular flexibility index (Phi) is 6.73. The monoisotopic (exact) mass is 377 g/mol. The summed E-state index contributed by atoms with van der Waals surface area (Å²) in [5, 5.41) is 2.62. The van der Waals surface area contributed by atoms with Crippen LogP contribution in [0.3, 0.4) is 0 Å². The number of carbonyl (C=O) groups is 1. The zero-order valence-corrected chi connectivity index (χ0v) is 15.6. The summed E-state index contributed by atoms with van der Waals surface area (Å²) < 4.78 is 33.2. The second kappa shape index (κ2) is 8.79. The van der Waals surface area contributed by atoms with E-state index in [4.69, 9.17) is 4.42 Å². The Morgan fingerprint density at radius 2 is 2.08 bits per heavy atom. The lowest BCUT2D eigenvalue weighted by Gasteiger charge is -2.22. The van der Waals surface area contributed by atoms with Crippen LogP contribution >= 0.6 is 0 Å². The van der Waals surface area contributed by atoms with Crippen molar-refractivity contribution in [1.82, 2.24) is 14.9 Å². The standard InChI is InChI=1S/C18H23N3O4S/c1-4-10-19-18(22)14-7-5-8-15(12-14)26(23,24)20-13-16(21(2)3)17-9-6-11-25-17/h4-9,11-12,16,20H,1,10,13H2,2-3H3,(H,19,22). The maximum Gasteiger partial charge on any atom is 0.251 e. The summed E-state index contributed by atoms with van der Waals surface area (Å²) in [4.78, 5) is 13.9. The molecule has 1 unspecified atom stereocenters. The van der Waals surface area contributed by atoms with Crippen LogP contribution in [0.1, 0.15) is 22.2 Å². The van der Waals surface area contributed by atoms with Crippen molar-refractivity contribution >= 4 is 15.9 Å². The van der Waals surface area contributed by atoms with Gasteiger partial charge in [0.05, 0.1) is 17.2 Å². The fourth-order valence-electron chi connectivity index (χ4n) is 2.36. The largest absolute Gasteiger partial charge is 0.468 e. The Hall–Kier alpha value is -2.42. The van der Waals surface area contributed by atoms with Crippen molar-refractivity contribution < 1.29 is 17.6 Å². The van der Waals surface area contributed by atoms with Crippen LogP contribution in [0.4, 0.5) is 0 Å². The van der Waals surface area contributed by atoms with E-state index in [1.165, 1.54) is 18.2 Å². The molecule has 2 rings (SSSR count). The minimum absolute atomic E-state index is 0.0284. The smallest absolute Gasteiger partial charge is 0.251 e. The van der Waals surface area contributed by atoms with Crippen LogP contribution in [0.15, 0.2) is 64.6 Å².